The maximum atomic E-state index is 6.22. The highest BCUT2D eigenvalue weighted by atomic mass is 35.5. The highest BCUT2D eigenvalue weighted by molar-refractivity contribution is 6.30. The first-order valence-electron chi connectivity index (χ1n) is 9.31. The molecule has 28 heavy (non-hydrogen) atoms. The fourth-order valence-corrected chi connectivity index (χ4v) is 4.10. The number of allylic oxidation sites excluding steroid dienone is 2. The molecule has 2 aromatic rings. The molecule has 1 aliphatic carbocycles. The minimum absolute atomic E-state index is 0.215. The highest BCUT2D eigenvalue weighted by Crippen LogP contribution is 2.43. The van der Waals surface area contributed by atoms with Gasteiger partial charge in [0.1, 0.15) is 17.9 Å². The van der Waals surface area contributed by atoms with Gasteiger partial charge in [0, 0.05) is 5.02 Å². The first kappa shape index (κ1) is 18.6. The Morgan fingerprint density at radius 2 is 2.00 bits per heavy atom. The van der Waals surface area contributed by atoms with Gasteiger partial charge in [-0.15, -0.1) is 0 Å². The van der Waals surface area contributed by atoms with Crippen LogP contribution in [0.15, 0.2) is 71.2 Å². The van der Waals surface area contributed by atoms with E-state index in [-0.39, 0.29) is 6.02 Å². The average molecular weight is 395 g/mol. The number of halogens is 1. The van der Waals surface area contributed by atoms with E-state index in [0.717, 1.165) is 33.9 Å². The molecule has 0 amide bonds. The van der Waals surface area contributed by atoms with E-state index < -0.39 is 5.54 Å². The fraction of sp³-hybridized carbons (Fsp3) is 0.261. The van der Waals surface area contributed by atoms with Crippen LogP contribution in [0.3, 0.4) is 0 Å². The van der Waals surface area contributed by atoms with Gasteiger partial charge in [0.2, 0.25) is 0 Å². The molecule has 4 rings (SSSR count). The Balaban J connectivity index is 1.81. The molecule has 0 aromatic heterocycles. The maximum Gasteiger partial charge on any atom is 0.283 e. The Labute approximate surface area is 170 Å². The van der Waals surface area contributed by atoms with Crippen molar-refractivity contribution in [3.05, 3.63) is 82.4 Å². The monoisotopic (exact) mass is 394 g/mol. The second kappa shape index (κ2) is 7.36. The van der Waals surface area contributed by atoms with E-state index in [2.05, 4.69) is 25.1 Å². The van der Waals surface area contributed by atoms with Crippen LogP contribution in [0.2, 0.25) is 5.02 Å². The lowest BCUT2D eigenvalue weighted by molar-refractivity contribution is 0.277. The van der Waals surface area contributed by atoms with Crippen LogP contribution in [0.4, 0.5) is 0 Å². The number of nitrogens with zero attached hydrogens (tertiary/aromatic N) is 1. The summed E-state index contributed by atoms with van der Waals surface area (Å²) in [6.45, 7) is 2.59. The van der Waals surface area contributed by atoms with Gasteiger partial charge in [-0.3, -0.25) is 0 Å². The van der Waals surface area contributed by atoms with E-state index in [4.69, 9.17) is 31.8 Å². The summed E-state index contributed by atoms with van der Waals surface area (Å²) in [6.07, 6.45) is 5.42. The van der Waals surface area contributed by atoms with E-state index >= 15 is 0 Å². The van der Waals surface area contributed by atoms with Crippen LogP contribution >= 0.6 is 11.6 Å². The smallest absolute Gasteiger partial charge is 0.283 e. The summed E-state index contributed by atoms with van der Waals surface area (Å²) in [6, 6.07) is 16.1. The van der Waals surface area contributed by atoms with Crippen molar-refractivity contribution >= 4 is 23.2 Å². The molecular weight excluding hydrogens is 372 g/mol. The van der Waals surface area contributed by atoms with Gasteiger partial charge in [0.15, 0.2) is 0 Å². The van der Waals surface area contributed by atoms with Crippen molar-refractivity contribution in [3.8, 4) is 5.75 Å². The van der Waals surface area contributed by atoms with Crippen LogP contribution in [0.5, 0.6) is 5.75 Å². The van der Waals surface area contributed by atoms with Crippen LogP contribution < -0.4 is 10.5 Å². The fourth-order valence-electron chi connectivity index (χ4n) is 3.91. The van der Waals surface area contributed by atoms with Crippen molar-refractivity contribution in [3.63, 3.8) is 0 Å². The minimum Gasteiger partial charge on any atom is -0.497 e. The Bertz CT molecular complexity index is 978. The average Bonchev–Trinajstić information content (AvgIpc) is 3.10. The first-order chi connectivity index (χ1) is 13.5. The molecule has 144 valence electrons. The van der Waals surface area contributed by atoms with Crippen LogP contribution in [0.25, 0.3) is 5.57 Å². The summed E-state index contributed by atoms with van der Waals surface area (Å²) in [4.78, 5) is 4.74. The largest absolute Gasteiger partial charge is 0.497 e. The minimum atomic E-state index is -0.658. The topological polar surface area (TPSA) is 56.8 Å². The number of methoxy groups -OCH3 is 1. The SMILES string of the molecule is COc1ccc(C2(C3=CC(C)CC(c4cccc(Cl)c4)=C3)COC(N)=N2)cc1. The standard InChI is InChI=1S/C23H23ClN2O2/c1-15-10-17(16-4-3-5-20(24)13-16)12-19(11-15)23(14-28-22(25)26-23)18-6-8-21(27-2)9-7-18/h3-9,11-13,15H,10,14H2,1-2H3,(H2,25,26). The Kier molecular flexibility index (Phi) is 4.90. The second-order valence-electron chi connectivity index (χ2n) is 7.31. The van der Waals surface area contributed by atoms with Crippen molar-refractivity contribution in [2.75, 3.05) is 13.7 Å². The quantitative estimate of drug-likeness (QED) is 0.799. The molecule has 2 aliphatic rings. The van der Waals surface area contributed by atoms with Crippen molar-refractivity contribution in [2.45, 2.75) is 18.9 Å². The first-order valence-corrected chi connectivity index (χ1v) is 9.69. The van der Waals surface area contributed by atoms with Gasteiger partial charge in [-0.1, -0.05) is 54.9 Å². The number of nitrogens with two attached hydrogens (primary N) is 1. The molecule has 0 saturated heterocycles. The van der Waals surface area contributed by atoms with Gasteiger partial charge < -0.3 is 15.2 Å². The zero-order valence-electron chi connectivity index (χ0n) is 16.0. The molecule has 2 aromatic carbocycles. The third kappa shape index (κ3) is 3.40. The molecule has 4 nitrogen and oxygen atoms in total. The van der Waals surface area contributed by atoms with E-state index in [1.807, 2.05) is 42.5 Å². The maximum absolute atomic E-state index is 6.22. The second-order valence-corrected chi connectivity index (χ2v) is 7.75. The number of rotatable bonds is 4. The molecule has 0 bridgehead atoms. The normalized spacial score (nSPS) is 24.1. The van der Waals surface area contributed by atoms with Gasteiger partial charge in [-0.25, -0.2) is 4.99 Å². The molecule has 0 radical (unpaired) electrons. The molecule has 5 heteroatoms. The lowest BCUT2D eigenvalue weighted by atomic mass is 9.77. The summed E-state index contributed by atoms with van der Waals surface area (Å²) in [7, 11) is 1.66. The van der Waals surface area contributed by atoms with Gasteiger partial charge in [-0.2, -0.15) is 0 Å². The molecule has 2 unspecified atom stereocenters. The lowest BCUT2D eigenvalue weighted by Crippen LogP contribution is -2.29. The highest BCUT2D eigenvalue weighted by Gasteiger charge is 2.42. The van der Waals surface area contributed by atoms with Gasteiger partial charge in [0.05, 0.1) is 7.11 Å². The number of amidine groups is 1. The Morgan fingerprint density at radius 3 is 2.64 bits per heavy atom. The number of aliphatic imine (C=N–C) groups is 1. The molecular formula is C23H23ClN2O2. The van der Waals surface area contributed by atoms with Crippen molar-refractivity contribution in [2.24, 2.45) is 16.6 Å². The summed E-state index contributed by atoms with van der Waals surface area (Å²) in [5.74, 6) is 1.16. The van der Waals surface area contributed by atoms with Gasteiger partial charge in [0.25, 0.3) is 6.02 Å². The molecule has 1 heterocycles. The number of hydrogen-bond donors (Lipinski definition) is 1. The summed E-state index contributed by atoms with van der Waals surface area (Å²) < 4.78 is 10.9. The van der Waals surface area contributed by atoms with Crippen molar-refractivity contribution in [1.29, 1.82) is 0 Å². The predicted octanol–water partition coefficient (Wildman–Crippen LogP) is 4.94. The third-order valence-electron chi connectivity index (χ3n) is 5.31. The molecule has 1 aliphatic heterocycles. The zero-order chi connectivity index (χ0) is 19.7. The molecule has 0 saturated carbocycles. The Morgan fingerprint density at radius 1 is 1.21 bits per heavy atom. The van der Waals surface area contributed by atoms with E-state index in [0.29, 0.717) is 12.5 Å². The lowest BCUT2D eigenvalue weighted by Gasteiger charge is -2.31. The third-order valence-corrected chi connectivity index (χ3v) is 5.54. The predicted molar refractivity (Wildman–Crippen MR) is 114 cm³/mol. The van der Waals surface area contributed by atoms with E-state index in [1.165, 1.54) is 5.57 Å². The number of ether oxygens (including phenoxy) is 2. The summed E-state index contributed by atoms with van der Waals surface area (Å²) in [5.41, 5.74) is 9.77. The van der Waals surface area contributed by atoms with Crippen LogP contribution in [-0.4, -0.2) is 19.7 Å². The van der Waals surface area contributed by atoms with Crippen LogP contribution in [0, 0.1) is 5.92 Å². The van der Waals surface area contributed by atoms with Gasteiger partial charge in [-0.05, 0) is 58.9 Å². The molecule has 2 N–H and O–H groups in total. The van der Waals surface area contributed by atoms with E-state index in [1.54, 1.807) is 7.11 Å². The van der Waals surface area contributed by atoms with Crippen molar-refractivity contribution in [1.82, 2.24) is 0 Å². The van der Waals surface area contributed by atoms with Gasteiger partial charge >= 0.3 is 0 Å². The molecule has 0 spiro atoms. The van der Waals surface area contributed by atoms with Crippen molar-refractivity contribution < 1.29 is 9.47 Å². The summed E-state index contributed by atoms with van der Waals surface area (Å²) in [5, 5.41) is 0.735. The Hall–Kier alpha value is -2.72. The molecule has 0 fully saturated rings. The zero-order valence-corrected chi connectivity index (χ0v) is 16.7. The summed E-state index contributed by atoms with van der Waals surface area (Å²) >= 11 is 6.22. The van der Waals surface area contributed by atoms with Crippen LogP contribution in [0.1, 0.15) is 24.5 Å². The van der Waals surface area contributed by atoms with E-state index in [9.17, 15) is 0 Å². The molecule has 2 atom stereocenters. The number of benzene rings is 2. The number of hydrogen-bond acceptors (Lipinski definition) is 4. The van der Waals surface area contributed by atoms with Crippen LogP contribution in [-0.2, 0) is 10.3 Å².